The lowest BCUT2D eigenvalue weighted by molar-refractivity contribution is -0.00000413. The Bertz CT molecular complexity index is 374. The van der Waals surface area contributed by atoms with Crippen LogP contribution in [-0.4, -0.2) is 30.6 Å². The van der Waals surface area contributed by atoms with Crippen molar-refractivity contribution in [2.75, 3.05) is 19.6 Å². The minimum absolute atomic E-state index is 0. The summed E-state index contributed by atoms with van der Waals surface area (Å²) in [6.45, 7) is 4.60. The van der Waals surface area contributed by atoms with Crippen molar-refractivity contribution in [3.8, 4) is 0 Å². The SMILES string of the molecule is Fc1ccc(CNC2CN3CCC2CC3)cc1.[Cl-]. The van der Waals surface area contributed by atoms with Crippen LogP contribution in [0, 0.1) is 11.7 Å². The van der Waals surface area contributed by atoms with Gasteiger partial charge >= 0.3 is 0 Å². The lowest BCUT2D eigenvalue weighted by Crippen LogP contribution is -3.00. The molecule has 3 heterocycles. The maximum Gasteiger partial charge on any atom is 0.123 e. The van der Waals surface area contributed by atoms with Crippen LogP contribution >= 0.6 is 0 Å². The van der Waals surface area contributed by atoms with Crippen molar-refractivity contribution in [1.29, 1.82) is 0 Å². The second kappa shape index (κ2) is 6.00. The first-order chi connectivity index (χ1) is 8.31. The smallest absolute Gasteiger partial charge is 0.123 e. The monoisotopic (exact) mass is 269 g/mol. The molecule has 0 aromatic heterocycles. The number of fused-ring (bicyclic) bond motifs is 3. The first-order valence-corrected chi connectivity index (χ1v) is 6.51. The van der Waals surface area contributed by atoms with Gasteiger partial charge in [-0.2, -0.15) is 0 Å². The molecule has 3 fully saturated rings. The van der Waals surface area contributed by atoms with Gasteiger partial charge in [0.05, 0.1) is 0 Å². The van der Waals surface area contributed by atoms with Gasteiger partial charge in [-0.25, -0.2) is 4.39 Å². The molecule has 2 nitrogen and oxygen atoms in total. The van der Waals surface area contributed by atoms with Gasteiger partial charge in [0.25, 0.3) is 0 Å². The van der Waals surface area contributed by atoms with Crippen LogP contribution in [0.15, 0.2) is 24.3 Å². The number of benzene rings is 1. The molecule has 4 rings (SSSR count). The Kier molecular flexibility index (Phi) is 4.60. The highest BCUT2D eigenvalue weighted by Crippen LogP contribution is 2.27. The molecule has 4 heteroatoms. The van der Waals surface area contributed by atoms with Gasteiger partial charge in [0.15, 0.2) is 0 Å². The molecule has 0 saturated carbocycles. The van der Waals surface area contributed by atoms with Crippen LogP contribution in [0.3, 0.4) is 0 Å². The Hall–Kier alpha value is -0.640. The topological polar surface area (TPSA) is 15.3 Å². The fraction of sp³-hybridized carbons (Fsp3) is 0.571. The van der Waals surface area contributed by atoms with E-state index in [-0.39, 0.29) is 18.2 Å². The molecule has 1 atom stereocenters. The first-order valence-electron chi connectivity index (χ1n) is 6.51. The van der Waals surface area contributed by atoms with E-state index in [1.807, 2.05) is 12.1 Å². The number of halogens is 2. The summed E-state index contributed by atoms with van der Waals surface area (Å²) in [6, 6.07) is 7.43. The predicted octanol–water partition coefficient (Wildman–Crippen LogP) is -0.986. The van der Waals surface area contributed by atoms with E-state index < -0.39 is 0 Å². The van der Waals surface area contributed by atoms with Gasteiger partial charge in [0, 0.05) is 19.1 Å². The first kappa shape index (κ1) is 13.8. The van der Waals surface area contributed by atoms with E-state index >= 15 is 0 Å². The zero-order chi connectivity index (χ0) is 11.7. The third kappa shape index (κ3) is 3.02. The second-order valence-corrected chi connectivity index (χ2v) is 5.25. The van der Waals surface area contributed by atoms with E-state index in [9.17, 15) is 4.39 Å². The lowest BCUT2D eigenvalue weighted by atomic mass is 9.84. The quantitative estimate of drug-likeness (QED) is 0.759. The van der Waals surface area contributed by atoms with Gasteiger partial charge in [-0.05, 0) is 49.5 Å². The van der Waals surface area contributed by atoms with E-state index in [2.05, 4.69) is 10.2 Å². The van der Waals surface area contributed by atoms with Crippen molar-refractivity contribution < 1.29 is 16.8 Å². The number of hydrogen-bond acceptors (Lipinski definition) is 2. The van der Waals surface area contributed by atoms with Crippen molar-refractivity contribution >= 4 is 0 Å². The zero-order valence-electron chi connectivity index (χ0n) is 10.4. The van der Waals surface area contributed by atoms with Crippen molar-refractivity contribution in [1.82, 2.24) is 10.2 Å². The molecule has 0 spiro atoms. The van der Waals surface area contributed by atoms with Gasteiger partial charge in [0.2, 0.25) is 0 Å². The van der Waals surface area contributed by atoms with Gasteiger partial charge in [-0.3, -0.25) is 0 Å². The summed E-state index contributed by atoms with van der Waals surface area (Å²) < 4.78 is 12.8. The molecule has 3 aliphatic heterocycles. The number of nitrogens with one attached hydrogen (secondary N) is 1. The van der Waals surface area contributed by atoms with E-state index in [1.165, 1.54) is 50.2 Å². The molecule has 0 amide bonds. The van der Waals surface area contributed by atoms with E-state index in [4.69, 9.17) is 0 Å². The van der Waals surface area contributed by atoms with E-state index in [0.29, 0.717) is 6.04 Å². The largest absolute Gasteiger partial charge is 1.00 e. The maximum absolute atomic E-state index is 12.8. The van der Waals surface area contributed by atoms with E-state index in [0.717, 1.165) is 12.5 Å². The lowest BCUT2D eigenvalue weighted by Gasteiger charge is -2.45. The average Bonchev–Trinajstić information content (AvgIpc) is 2.39. The number of piperidine rings is 3. The second-order valence-electron chi connectivity index (χ2n) is 5.25. The highest BCUT2D eigenvalue weighted by molar-refractivity contribution is 5.16. The highest BCUT2D eigenvalue weighted by atomic mass is 35.5. The Morgan fingerprint density at radius 1 is 1.17 bits per heavy atom. The maximum atomic E-state index is 12.8. The number of nitrogens with zero attached hydrogens (tertiary/aromatic N) is 1. The van der Waals surface area contributed by atoms with Crippen LogP contribution in [0.2, 0.25) is 0 Å². The van der Waals surface area contributed by atoms with Crippen molar-refractivity contribution in [3.05, 3.63) is 35.6 Å². The fourth-order valence-corrected chi connectivity index (χ4v) is 3.05. The molecule has 1 unspecified atom stereocenters. The molecule has 1 N–H and O–H groups in total. The average molecular weight is 270 g/mol. The van der Waals surface area contributed by atoms with Gasteiger partial charge < -0.3 is 22.6 Å². The summed E-state index contributed by atoms with van der Waals surface area (Å²) in [6.07, 6.45) is 2.67. The van der Waals surface area contributed by atoms with Crippen LogP contribution in [0.5, 0.6) is 0 Å². The summed E-state index contributed by atoms with van der Waals surface area (Å²) >= 11 is 0. The van der Waals surface area contributed by atoms with E-state index in [1.54, 1.807) is 0 Å². The molecule has 3 aliphatic rings. The molecule has 0 aliphatic carbocycles. The van der Waals surface area contributed by atoms with Crippen molar-refractivity contribution in [3.63, 3.8) is 0 Å². The van der Waals surface area contributed by atoms with Crippen LogP contribution in [0.25, 0.3) is 0 Å². The molecule has 0 radical (unpaired) electrons. The molecular weight excluding hydrogens is 251 g/mol. The summed E-state index contributed by atoms with van der Waals surface area (Å²) in [5.74, 6) is 0.692. The van der Waals surface area contributed by atoms with Crippen molar-refractivity contribution in [2.24, 2.45) is 5.92 Å². The Morgan fingerprint density at radius 2 is 1.83 bits per heavy atom. The predicted molar refractivity (Wildman–Crippen MR) is 66.2 cm³/mol. The molecule has 3 saturated heterocycles. The minimum Gasteiger partial charge on any atom is -1.00 e. The zero-order valence-corrected chi connectivity index (χ0v) is 11.2. The van der Waals surface area contributed by atoms with Gasteiger partial charge in [-0.15, -0.1) is 0 Å². The minimum atomic E-state index is -0.156. The molecule has 1 aromatic carbocycles. The standard InChI is InChI=1S/C14H19FN2.ClH/c15-13-3-1-11(2-4-13)9-16-14-10-17-7-5-12(14)6-8-17;/h1-4,12,14,16H,5-10H2;1H/p-1. The summed E-state index contributed by atoms with van der Waals surface area (Å²) in [4.78, 5) is 2.54. The molecular formula is C14H19ClFN2-. The Morgan fingerprint density at radius 3 is 2.39 bits per heavy atom. The number of hydrogen-bond donors (Lipinski definition) is 1. The summed E-state index contributed by atoms with van der Waals surface area (Å²) in [5.41, 5.74) is 1.17. The molecule has 100 valence electrons. The third-order valence-electron chi connectivity index (χ3n) is 4.14. The van der Waals surface area contributed by atoms with Crippen LogP contribution in [0.1, 0.15) is 18.4 Å². The fourth-order valence-electron chi connectivity index (χ4n) is 3.05. The molecule has 18 heavy (non-hydrogen) atoms. The highest BCUT2D eigenvalue weighted by Gasteiger charge is 2.33. The van der Waals surface area contributed by atoms with Crippen molar-refractivity contribution in [2.45, 2.75) is 25.4 Å². The summed E-state index contributed by atoms with van der Waals surface area (Å²) in [7, 11) is 0. The van der Waals surface area contributed by atoms with Crippen LogP contribution < -0.4 is 17.7 Å². The Labute approximate surface area is 114 Å². The Balaban J connectivity index is 0.00000120. The van der Waals surface area contributed by atoms with Crippen LogP contribution in [-0.2, 0) is 6.54 Å². The van der Waals surface area contributed by atoms with Crippen LogP contribution in [0.4, 0.5) is 4.39 Å². The summed E-state index contributed by atoms with van der Waals surface area (Å²) in [5, 5.41) is 3.62. The molecule has 1 aromatic rings. The molecule has 2 bridgehead atoms. The number of rotatable bonds is 3. The van der Waals surface area contributed by atoms with Gasteiger partial charge in [0.1, 0.15) is 5.82 Å². The third-order valence-corrected chi connectivity index (χ3v) is 4.14. The van der Waals surface area contributed by atoms with Gasteiger partial charge in [-0.1, -0.05) is 12.1 Å². The normalized spacial score (nSPS) is 29.9.